The first-order chi connectivity index (χ1) is 10.3. The van der Waals surface area contributed by atoms with E-state index in [9.17, 15) is 9.59 Å². The van der Waals surface area contributed by atoms with Gasteiger partial charge in [-0.3, -0.25) is 9.59 Å². The Morgan fingerprint density at radius 3 is 2.43 bits per heavy atom. The van der Waals surface area contributed by atoms with Crippen LogP contribution in [-0.2, 0) is 0 Å². The molecule has 4 heteroatoms. The first-order valence-corrected chi connectivity index (χ1v) is 6.59. The maximum absolute atomic E-state index is 12.7. The van der Waals surface area contributed by atoms with Crippen LogP contribution in [0.3, 0.4) is 0 Å². The Labute approximate surface area is 120 Å². The number of fused-ring (bicyclic) bond motifs is 3. The van der Waals surface area contributed by atoms with Crippen LogP contribution in [0.25, 0.3) is 10.8 Å². The number of aromatic nitrogens is 1. The molecule has 0 N–H and O–H groups in total. The Balaban J connectivity index is 1.97. The van der Waals surface area contributed by atoms with Gasteiger partial charge in [0.1, 0.15) is 5.82 Å². The molecule has 0 spiro atoms. The maximum Gasteiger partial charge on any atom is 0.268 e. The second kappa shape index (κ2) is 4.24. The summed E-state index contributed by atoms with van der Waals surface area (Å²) in [4.78, 5) is 30.4. The second-order valence-electron chi connectivity index (χ2n) is 4.84. The van der Waals surface area contributed by atoms with Crippen LogP contribution in [0.1, 0.15) is 20.7 Å². The van der Waals surface area contributed by atoms with Crippen molar-refractivity contribution in [2.45, 2.75) is 0 Å². The molecular weight excluding hydrogens is 264 g/mol. The molecule has 0 fully saturated rings. The average molecular weight is 274 g/mol. The summed E-state index contributed by atoms with van der Waals surface area (Å²) in [6, 6.07) is 16.3. The smallest absolute Gasteiger partial charge is 0.268 e. The number of carbonyl (C=O) groups is 2. The van der Waals surface area contributed by atoms with Gasteiger partial charge in [0, 0.05) is 6.20 Å². The van der Waals surface area contributed by atoms with E-state index in [0.29, 0.717) is 16.9 Å². The van der Waals surface area contributed by atoms with Gasteiger partial charge in [-0.1, -0.05) is 36.4 Å². The Morgan fingerprint density at radius 2 is 1.62 bits per heavy atom. The van der Waals surface area contributed by atoms with Gasteiger partial charge in [0.05, 0.1) is 11.1 Å². The lowest BCUT2D eigenvalue weighted by atomic mass is 10.0. The van der Waals surface area contributed by atoms with Gasteiger partial charge in [-0.25, -0.2) is 9.88 Å². The molecule has 2 heterocycles. The summed E-state index contributed by atoms with van der Waals surface area (Å²) >= 11 is 0. The molecule has 1 aromatic heterocycles. The largest absolute Gasteiger partial charge is 0.268 e. The lowest BCUT2D eigenvalue weighted by molar-refractivity contribution is 0.0925. The summed E-state index contributed by atoms with van der Waals surface area (Å²) in [7, 11) is 0. The average Bonchev–Trinajstić information content (AvgIpc) is 2.80. The molecule has 0 saturated heterocycles. The van der Waals surface area contributed by atoms with E-state index in [4.69, 9.17) is 0 Å². The van der Waals surface area contributed by atoms with Crippen molar-refractivity contribution in [2.75, 3.05) is 4.90 Å². The zero-order chi connectivity index (χ0) is 14.4. The molecule has 2 aromatic carbocycles. The fraction of sp³-hybridized carbons (Fsp3) is 0. The minimum atomic E-state index is -0.320. The molecule has 21 heavy (non-hydrogen) atoms. The Morgan fingerprint density at radius 1 is 0.810 bits per heavy atom. The lowest BCUT2D eigenvalue weighted by Crippen LogP contribution is -2.30. The Bertz CT molecular complexity index is 888. The van der Waals surface area contributed by atoms with E-state index >= 15 is 0 Å². The van der Waals surface area contributed by atoms with Gasteiger partial charge >= 0.3 is 0 Å². The van der Waals surface area contributed by atoms with Gasteiger partial charge in [-0.05, 0) is 29.0 Å². The third-order valence-electron chi connectivity index (χ3n) is 3.66. The number of anilines is 1. The predicted octanol–water partition coefficient (Wildman–Crippen LogP) is 3.04. The van der Waals surface area contributed by atoms with Crippen molar-refractivity contribution in [3.05, 3.63) is 71.9 Å². The van der Waals surface area contributed by atoms with Gasteiger partial charge in [0.15, 0.2) is 0 Å². The third-order valence-corrected chi connectivity index (χ3v) is 3.66. The zero-order valence-electron chi connectivity index (χ0n) is 11.0. The molecule has 4 nitrogen and oxygen atoms in total. The summed E-state index contributed by atoms with van der Waals surface area (Å²) in [6.45, 7) is 0. The van der Waals surface area contributed by atoms with Gasteiger partial charge in [-0.15, -0.1) is 0 Å². The topological polar surface area (TPSA) is 50.3 Å². The van der Waals surface area contributed by atoms with E-state index in [1.165, 1.54) is 0 Å². The quantitative estimate of drug-likeness (QED) is 0.641. The van der Waals surface area contributed by atoms with Gasteiger partial charge in [0.2, 0.25) is 0 Å². The van der Waals surface area contributed by atoms with Crippen molar-refractivity contribution in [2.24, 2.45) is 0 Å². The van der Waals surface area contributed by atoms with Crippen molar-refractivity contribution in [3.63, 3.8) is 0 Å². The highest BCUT2D eigenvalue weighted by Crippen LogP contribution is 2.32. The normalized spacial score (nSPS) is 13.8. The van der Waals surface area contributed by atoms with E-state index in [0.717, 1.165) is 15.7 Å². The molecular formula is C17H10N2O2. The molecule has 0 atom stereocenters. The number of hydrogen-bond acceptors (Lipinski definition) is 3. The summed E-state index contributed by atoms with van der Waals surface area (Å²) in [5.74, 6) is -0.280. The number of benzene rings is 2. The van der Waals surface area contributed by atoms with Gasteiger partial charge in [-0.2, -0.15) is 0 Å². The van der Waals surface area contributed by atoms with Crippen molar-refractivity contribution >= 4 is 28.4 Å². The fourth-order valence-corrected chi connectivity index (χ4v) is 2.70. The first kappa shape index (κ1) is 11.8. The summed E-state index contributed by atoms with van der Waals surface area (Å²) in [6.07, 6.45) is 1.57. The maximum atomic E-state index is 12.7. The second-order valence-corrected chi connectivity index (χ2v) is 4.84. The van der Waals surface area contributed by atoms with Crippen LogP contribution in [0.2, 0.25) is 0 Å². The van der Waals surface area contributed by atoms with Gasteiger partial charge < -0.3 is 0 Å². The third kappa shape index (κ3) is 1.59. The van der Waals surface area contributed by atoms with E-state index in [-0.39, 0.29) is 11.8 Å². The highest BCUT2D eigenvalue weighted by Gasteiger charge is 2.38. The highest BCUT2D eigenvalue weighted by atomic mass is 16.2. The molecule has 1 aliphatic rings. The Kier molecular flexibility index (Phi) is 2.38. The molecule has 0 unspecified atom stereocenters. The molecule has 2 amide bonds. The number of imide groups is 1. The minimum Gasteiger partial charge on any atom is -0.268 e. The fourth-order valence-electron chi connectivity index (χ4n) is 2.70. The van der Waals surface area contributed by atoms with E-state index in [1.807, 2.05) is 30.3 Å². The van der Waals surface area contributed by atoms with Crippen molar-refractivity contribution in [3.8, 4) is 0 Å². The van der Waals surface area contributed by atoms with Crippen LogP contribution in [-0.4, -0.2) is 16.8 Å². The van der Waals surface area contributed by atoms with E-state index < -0.39 is 0 Å². The molecule has 4 rings (SSSR count). The van der Waals surface area contributed by atoms with Crippen LogP contribution in [0.4, 0.5) is 5.82 Å². The van der Waals surface area contributed by atoms with Crippen molar-refractivity contribution < 1.29 is 9.59 Å². The zero-order valence-corrected chi connectivity index (χ0v) is 11.0. The monoisotopic (exact) mass is 274 g/mol. The SMILES string of the molecule is O=C1c2ccc3ccccc3c2C(=O)N1c1ccccn1. The number of hydrogen-bond donors (Lipinski definition) is 0. The van der Waals surface area contributed by atoms with Crippen LogP contribution in [0.5, 0.6) is 0 Å². The van der Waals surface area contributed by atoms with Crippen molar-refractivity contribution in [1.82, 2.24) is 4.98 Å². The summed E-state index contributed by atoms with van der Waals surface area (Å²) in [5, 5.41) is 1.74. The minimum absolute atomic E-state index is 0.314. The van der Waals surface area contributed by atoms with Crippen LogP contribution < -0.4 is 4.90 Å². The first-order valence-electron chi connectivity index (χ1n) is 6.59. The number of amides is 2. The molecule has 0 bridgehead atoms. The van der Waals surface area contributed by atoms with Crippen molar-refractivity contribution in [1.29, 1.82) is 0 Å². The molecule has 1 aliphatic heterocycles. The number of rotatable bonds is 1. The molecule has 0 saturated carbocycles. The summed E-state index contributed by atoms with van der Waals surface area (Å²) in [5.41, 5.74) is 0.896. The predicted molar refractivity (Wildman–Crippen MR) is 79.3 cm³/mol. The molecule has 100 valence electrons. The van der Waals surface area contributed by atoms with E-state index in [1.54, 1.807) is 30.5 Å². The molecule has 0 aliphatic carbocycles. The molecule has 0 radical (unpaired) electrons. The lowest BCUT2D eigenvalue weighted by Gasteiger charge is -2.11. The van der Waals surface area contributed by atoms with E-state index in [2.05, 4.69) is 4.98 Å². The standard InChI is InChI=1S/C17H10N2O2/c20-16-13-9-8-11-5-1-2-6-12(11)15(13)17(21)19(16)14-7-3-4-10-18-14/h1-10H. The number of carbonyl (C=O) groups excluding carboxylic acids is 2. The Hall–Kier alpha value is -3.01. The summed E-state index contributed by atoms with van der Waals surface area (Å²) < 4.78 is 0. The van der Waals surface area contributed by atoms with Gasteiger partial charge in [0.25, 0.3) is 11.8 Å². The molecule has 3 aromatic rings. The van der Waals surface area contributed by atoms with Crippen LogP contribution in [0.15, 0.2) is 60.8 Å². The van der Waals surface area contributed by atoms with Crippen LogP contribution in [0, 0.1) is 0 Å². The number of pyridine rings is 1. The van der Waals surface area contributed by atoms with Crippen LogP contribution >= 0.6 is 0 Å². The highest BCUT2D eigenvalue weighted by molar-refractivity contribution is 6.37. The number of nitrogens with zero attached hydrogens (tertiary/aromatic N) is 2.